The van der Waals surface area contributed by atoms with Gasteiger partial charge in [-0.3, -0.25) is 4.79 Å². The maximum absolute atomic E-state index is 12.3. The first-order valence-corrected chi connectivity index (χ1v) is 7.57. The van der Waals surface area contributed by atoms with E-state index in [1.165, 1.54) is 11.3 Å². The molecule has 1 amide bonds. The Morgan fingerprint density at radius 2 is 2.45 bits per heavy atom. The number of rotatable bonds is 3. The third kappa shape index (κ3) is 2.48. The van der Waals surface area contributed by atoms with Gasteiger partial charge >= 0.3 is 0 Å². The van der Waals surface area contributed by atoms with E-state index in [0.717, 1.165) is 23.1 Å². The number of ether oxygens (including phenoxy) is 1. The lowest BCUT2D eigenvalue weighted by Crippen LogP contribution is -2.29. The molecule has 0 aliphatic carbocycles. The molecule has 5 nitrogen and oxygen atoms in total. The van der Waals surface area contributed by atoms with E-state index < -0.39 is 0 Å². The summed E-state index contributed by atoms with van der Waals surface area (Å²) in [6, 6.07) is 5.55. The summed E-state index contributed by atoms with van der Waals surface area (Å²) < 4.78 is 6.54. The number of hydrogen-bond acceptors (Lipinski definition) is 5. The number of fused-ring (bicyclic) bond motifs is 1. The molecule has 2 unspecified atom stereocenters. The number of hydrogen-bond donors (Lipinski definition) is 2. The van der Waals surface area contributed by atoms with Crippen molar-refractivity contribution in [1.82, 2.24) is 4.98 Å². The van der Waals surface area contributed by atoms with Crippen molar-refractivity contribution in [2.24, 2.45) is 5.92 Å². The molecular formula is C14H17N3O2S. The zero-order valence-corrected chi connectivity index (χ0v) is 12.1. The van der Waals surface area contributed by atoms with Gasteiger partial charge in [-0.25, -0.2) is 4.98 Å². The monoisotopic (exact) mass is 291 g/mol. The van der Waals surface area contributed by atoms with Crippen molar-refractivity contribution in [2.45, 2.75) is 25.9 Å². The standard InChI is InChI=1S/C14H17N3O2S/c1-2-11-9(5-6-19-11)13(18)17-14-16-10-4-3-8(15)7-12(10)20-14/h3-4,7,9,11H,2,5-6,15H2,1H3,(H,16,17,18). The molecule has 1 aromatic carbocycles. The van der Waals surface area contributed by atoms with Crippen molar-refractivity contribution in [1.29, 1.82) is 0 Å². The average Bonchev–Trinajstić information content (AvgIpc) is 3.03. The van der Waals surface area contributed by atoms with E-state index in [0.29, 0.717) is 17.4 Å². The van der Waals surface area contributed by atoms with E-state index in [9.17, 15) is 4.79 Å². The lowest BCUT2D eigenvalue weighted by molar-refractivity contribution is -0.121. The largest absolute Gasteiger partial charge is 0.399 e. The number of carbonyl (C=O) groups is 1. The van der Waals surface area contributed by atoms with Gasteiger partial charge in [-0.2, -0.15) is 0 Å². The molecule has 1 aliphatic rings. The molecule has 0 saturated carbocycles. The van der Waals surface area contributed by atoms with Crippen LogP contribution in [0.1, 0.15) is 19.8 Å². The Morgan fingerprint density at radius 3 is 3.25 bits per heavy atom. The zero-order chi connectivity index (χ0) is 14.1. The lowest BCUT2D eigenvalue weighted by Gasteiger charge is -2.15. The van der Waals surface area contributed by atoms with Crippen molar-refractivity contribution in [3.05, 3.63) is 18.2 Å². The molecule has 2 heterocycles. The third-order valence-corrected chi connectivity index (χ3v) is 4.52. The van der Waals surface area contributed by atoms with Crippen LogP contribution in [0.4, 0.5) is 10.8 Å². The summed E-state index contributed by atoms with van der Waals surface area (Å²) in [6.07, 6.45) is 1.66. The topological polar surface area (TPSA) is 77.2 Å². The van der Waals surface area contributed by atoms with Crippen LogP contribution in [0.3, 0.4) is 0 Å². The number of nitrogens with one attached hydrogen (secondary N) is 1. The van der Waals surface area contributed by atoms with Crippen LogP contribution in [0.25, 0.3) is 10.2 Å². The summed E-state index contributed by atoms with van der Waals surface area (Å²) >= 11 is 1.44. The van der Waals surface area contributed by atoms with Crippen LogP contribution >= 0.6 is 11.3 Å². The second-order valence-electron chi connectivity index (χ2n) is 4.95. The Bertz CT molecular complexity index is 640. The van der Waals surface area contributed by atoms with Crippen LogP contribution in [0.15, 0.2) is 18.2 Å². The van der Waals surface area contributed by atoms with Gasteiger partial charge in [0.15, 0.2) is 5.13 Å². The highest BCUT2D eigenvalue weighted by Gasteiger charge is 2.33. The van der Waals surface area contributed by atoms with Crippen LogP contribution in [-0.2, 0) is 9.53 Å². The van der Waals surface area contributed by atoms with Crippen LogP contribution in [-0.4, -0.2) is 23.6 Å². The fourth-order valence-corrected chi connectivity index (χ4v) is 3.46. The van der Waals surface area contributed by atoms with E-state index in [2.05, 4.69) is 10.3 Å². The lowest BCUT2D eigenvalue weighted by atomic mass is 9.99. The van der Waals surface area contributed by atoms with E-state index in [1.54, 1.807) is 0 Å². The quantitative estimate of drug-likeness (QED) is 0.852. The van der Waals surface area contributed by atoms with Crippen molar-refractivity contribution in [3.63, 3.8) is 0 Å². The molecule has 1 aromatic heterocycles. The molecule has 6 heteroatoms. The molecular weight excluding hydrogens is 274 g/mol. The second kappa shape index (κ2) is 5.38. The normalized spacial score (nSPS) is 22.2. The van der Waals surface area contributed by atoms with Crippen LogP contribution in [0.5, 0.6) is 0 Å². The Morgan fingerprint density at radius 1 is 1.60 bits per heavy atom. The molecule has 0 spiro atoms. The van der Waals surface area contributed by atoms with Crippen molar-refractivity contribution in [3.8, 4) is 0 Å². The van der Waals surface area contributed by atoms with E-state index in [1.807, 2.05) is 25.1 Å². The van der Waals surface area contributed by atoms with Gasteiger partial charge < -0.3 is 15.8 Å². The Balaban J connectivity index is 1.77. The second-order valence-corrected chi connectivity index (χ2v) is 5.98. The van der Waals surface area contributed by atoms with Gasteiger partial charge in [0.1, 0.15) is 0 Å². The summed E-state index contributed by atoms with van der Waals surface area (Å²) in [5, 5.41) is 3.53. The summed E-state index contributed by atoms with van der Waals surface area (Å²) in [5.41, 5.74) is 7.30. The van der Waals surface area contributed by atoms with Crippen LogP contribution in [0, 0.1) is 5.92 Å². The summed E-state index contributed by atoms with van der Waals surface area (Å²) in [7, 11) is 0. The fraction of sp³-hybridized carbons (Fsp3) is 0.429. The minimum Gasteiger partial charge on any atom is -0.399 e. The molecule has 3 N–H and O–H groups in total. The Labute approximate surface area is 121 Å². The van der Waals surface area contributed by atoms with Crippen molar-refractivity contribution in [2.75, 3.05) is 17.7 Å². The first-order valence-electron chi connectivity index (χ1n) is 6.76. The van der Waals surface area contributed by atoms with Gasteiger partial charge in [0.25, 0.3) is 0 Å². The highest BCUT2D eigenvalue weighted by molar-refractivity contribution is 7.22. The predicted octanol–water partition coefficient (Wildman–Crippen LogP) is 2.63. The first kappa shape index (κ1) is 13.3. The molecule has 2 aromatic rings. The smallest absolute Gasteiger partial charge is 0.231 e. The van der Waals surface area contributed by atoms with Gasteiger partial charge in [-0.15, -0.1) is 0 Å². The average molecular weight is 291 g/mol. The number of aromatic nitrogens is 1. The molecule has 106 valence electrons. The van der Waals surface area contributed by atoms with E-state index in [-0.39, 0.29) is 17.9 Å². The molecule has 0 bridgehead atoms. The number of nitrogen functional groups attached to an aromatic ring is 1. The Hall–Kier alpha value is -1.66. The maximum atomic E-state index is 12.3. The van der Waals surface area contributed by atoms with Crippen molar-refractivity contribution >= 4 is 38.3 Å². The van der Waals surface area contributed by atoms with Gasteiger partial charge in [0, 0.05) is 12.3 Å². The first-order chi connectivity index (χ1) is 9.67. The van der Waals surface area contributed by atoms with Gasteiger partial charge in [-0.1, -0.05) is 18.3 Å². The van der Waals surface area contributed by atoms with Crippen LogP contribution < -0.4 is 11.1 Å². The maximum Gasteiger partial charge on any atom is 0.231 e. The number of amides is 1. The SMILES string of the molecule is CCC1OCCC1C(=O)Nc1nc2ccc(N)cc2s1. The number of nitrogens with two attached hydrogens (primary N) is 1. The third-order valence-electron chi connectivity index (χ3n) is 3.59. The van der Waals surface area contributed by atoms with E-state index in [4.69, 9.17) is 10.5 Å². The molecule has 3 rings (SSSR count). The van der Waals surface area contributed by atoms with Gasteiger partial charge in [0.05, 0.1) is 22.2 Å². The molecule has 20 heavy (non-hydrogen) atoms. The summed E-state index contributed by atoms with van der Waals surface area (Å²) in [6.45, 7) is 2.70. The number of anilines is 2. The highest BCUT2D eigenvalue weighted by Crippen LogP contribution is 2.29. The van der Waals surface area contributed by atoms with E-state index >= 15 is 0 Å². The van der Waals surface area contributed by atoms with Crippen LogP contribution in [0.2, 0.25) is 0 Å². The number of carbonyl (C=O) groups excluding carboxylic acids is 1. The molecule has 1 aliphatic heterocycles. The minimum absolute atomic E-state index is 0.00128. The predicted molar refractivity (Wildman–Crippen MR) is 80.8 cm³/mol. The van der Waals surface area contributed by atoms with Gasteiger partial charge in [0.2, 0.25) is 5.91 Å². The number of thiazole rings is 1. The molecule has 0 radical (unpaired) electrons. The van der Waals surface area contributed by atoms with Crippen molar-refractivity contribution < 1.29 is 9.53 Å². The minimum atomic E-state index is -0.0721. The Kier molecular flexibility index (Phi) is 3.58. The number of benzene rings is 1. The highest BCUT2D eigenvalue weighted by atomic mass is 32.1. The number of nitrogens with zero attached hydrogens (tertiary/aromatic N) is 1. The fourth-order valence-electron chi connectivity index (χ4n) is 2.54. The molecule has 1 saturated heterocycles. The molecule has 1 fully saturated rings. The molecule has 2 atom stereocenters. The summed E-state index contributed by atoms with van der Waals surface area (Å²) in [5.74, 6) is -0.0709. The van der Waals surface area contributed by atoms with Gasteiger partial charge in [-0.05, 0) is 31.0 Å². The zero-order valence-electron chi connectivity index (χ0n) is 11.3. The summed E-state index contributed by atoms with van der Waals surface area (Å²) in [4.78, 5) is 16.7.